The Labute approximate surface area is 175 Å². The first-order valence-electron chi connectivity index (χ1n) is 10.6. The van der Waals surface area contributed by atoms with E-state index in [-0.39, 0.29) is 11.9 Å². The van der Waals surface area contributed by atoms with Crippen molar-refractivity contribution in [1.82, 2.24) is 25.1 Å². The third-order valence-electron chi connectivity index (χ3n) is 5.91. The fraction of sp³-hybridized carbons (Fsp3) is 0.292. The maximum Gasteiger partial charge on any atom is 0.270 e. The summed E-state index contributed by atoms with van der Waals surface area (Å²) >= 11 is 0. The van der Waals surface area contributed by atoms with E-state index in [9.17, 15) is 4.79 Å². The number of aromatic nitrogens is 4. The number of benzene rings is 2. The Bertz CT molecular complexity index is 1110. The molecule has 1 fully saturated rings. The van der Waals surface area contributed by atoms with Crippen molar-refractivity contribution >= 4 is 16.9 Å². The lowest BCUT2D eigenvalue weighted by Gasteiger charge is -2.29. The van der Waals surface area contributed by atoms with E-state index in [1.165, 1.54) is 6.42 Å². The number of hydrogen-bond acceptors (Lipinski definition) is 3. The van der Waals surface area contributed by atoms with Crippen molar-refractivity contribution in [2.45, 2.75) is 38.1 Å². The number of H-pyrrole nitrogens is 1. The number of imidazole rings is 1. The maximum absolute atomic E-state index is 13.0. The third kappa shape index (κ3) is 3.85. The molecule has 6 nitrogen and oxygen atoms in total. The standard InChI is InChI=1S/C24H25N5O/c30-24(22-13-14-25-29(22)19-9-2-1-3-10-19)26-18-8-6-7-17(15-18)16-23-27-20-11-4-5-12-21(20)28-23/h1-5,9-14,17-18H,6-8,15-16H2,(H,26,30)(H,27,28). The van der Waals surface area contributed by atoms with Gasteiger partial charge in [0.05, 0.1) is 22.9 Å². The van der Waals surface area contributed by atoms with E-state index in [0.29, 0.717) is 11.6 Å². The van der Waals surface area contributed by atoms with Crippen molar-refractivity contribution in [3.05, 3.63) is 78.4 Å². The minimum atomic E-state index is -0.0641. The highest BCUT2D eigenvalue weighted by atomic mass is 16.2. The van der Waals surface area contributed by atoms with Gasteiger partial charge in [0.1, 0.15) is 11.5 Å². The zero-order valence-electron chi connectivity index (χ0n) is 16.8. The second-order valence-electron chi connectivity index (χ2n) is 8.07. The summed E-state index contributed by atoms with van der Waals surface area (Å²) in [6.45, 7) is 0. The second kappa shape index (κ2) is 8.14. The number of aromatic amines is 1. The molecule has 1 amide bonds. The van der Waals surface area contributed by atoms with Crippen LogP contribution in [-0.4, -0.2) is 31.7 Å². The fourth-order valence-corrected chi connectivity index (χ4v) is 4.49. The number of nitrogens with one attached hydrogen (secondary N) is 2. The monoisotopic (exact) mass is 399 g/mol. The van der Waals surface area contributed by atoms with E-state index in [4.69, 9.17) is 4.98 Å². The minimum absolute atomic E-state index is 0.0641. The first-order chi connectivity index (χ1) is 14.8. The number of amides is 1. The van der Waals surface area contributed by atoms with Crippen LogP contribution in [0.3, 0.4) is 0 Å². The van der Waals surface area contributed by atoms with Gasteiger partial charge in [-0.3, -0.25) is 4.79 Å². The first kappa shape index (κ1) is 18.6. The van der Waals surface area contributed by atoms with E-state index in [1.54, 1.807) is 16.9 Å². The summed E-state index contributed by atoms with van der Waals surface area (Å²) in [6, 6.07) is 19.8. The van der Waals surface area contributed by atoms with E-state index in [2.05, 4.69) is 21.5 Å². The van der Waals surface area contributed by atoms with E-state index < -0.39 is 0 Å². The molecule has 30 heavy (non-hydrogen) atoms. The lowest BCUT2D eigenvalue weighted by molar-refractivity contribution is 0.0911. The van der Waals surface area contributed by atoms with Gasteiger partial charge in [0.15, 0.2) is 0 Å². The molecule has 0 aliphatic heterocycles. The molecule has 6 heteroatoms. The van der Waals surface area contributed by atoms with Gasteiger partial charge in [-0.25, -0.2) is 9.67 Å². The number of carbonyl (C=O) groups excluding carboxylic acids is 1. The zero-order chi connectivity index (χ0) is 20.3. The van der Waals surface area contributed by atoms with Gasteiger partial charge < -0.3 is 10.3 Å². The van der Waals surface area contributed by atoms with Crippen molar-refractivity contribution in [2.24, 2.45) is 5.92 Å². The van der Waals surface area contributed by atoms with Crippen molar-refractivity contribution in [3.8, 4) is 5.69 Å². The molecule has 0 radical (unpaired) electrons. The molecule has 2 unspecified atom stereocenters. The maximum atomic E-state index is 13.0. The zero-order valence-corrected chi connectivity index (χ0v) is 16.8. The van der Waals surface area contributed by atoms with Gasteiger partial charge in [-0.1, -0.05) is 36.8 Å². The molecule has 1 saturated carbocycles. The number of carbonyl (C=O) groups is 1. The fourth-order valence-electron chi connectivity index (χ4n) is 4.49. The quantitative estimate of drug-likeness (QED) is 0.526. The van der Waals surface area contributed by atoms with E-state index >= 15 is 0 Å². The predicted octanol–water partition coefficient (Wildman–Crippen LogP) is 4.28. The Balaban J connectivity index is 1.25. The van der Waals surface area contributed by atoms with Crippen molar-refractivity contribution < 1.29 is 4.79 Å². The first-order valence-corrected chi connectivity index (χ1v) is 10.6. The third-order valence-corrected chi connectivity index (χ3v) is 5.91. The summed E-state index contributed by atoms with van der Waals surface area (Å²) in [5, 5.41) is 7.58. The molecule has 1 aliphatic carbocycles. The Morgan fingerprint density at radius 1 is 1.07 bits per heavy atom. The second-order valence-corrected chi connectivity index (χ2v) is 8.07. The molecule has 5 rings (SSSR count). The Morgan fingerprint density at radius 3 is 2.77 bits per heavy atom. The lowest BCUT2D eigenvalue weighted by Crippen LogP contribution is -2.39. The summed E-state index contributed by atoms with van der Waals surface area (Å²) in [4.78, 5) is 21.1. The van der Waals surface area contributed by atoms with E-state index in [0.717, 1.165) is 48.2 Å². The molecule has 1 aliphatic rings. The highest BCUT2D eigenvalue weighted by Crippen LogP contribution is 2.27. The van der Waals surface area contributed by atoms with Crippen LogP contribution in [0.1, 0.15) is 42.0 Å². The largest absolute Gasteiger partial charge is 0.348 e. The predicted molar refractivity (Wildman–Crippen MR) is 117 cm³/mol. The van der Waals surface area contributed by atoms with Crippen LogP contribution in [0.5, 0.6) is 0 Å². The van der Waals surface area contributed by atoms with Gasteiger partial charge >= 0.3 is 0 Å². The van der Waals surface area contributed by atoms with Crippen LogP contribution >= 0.6 is 0 Å². The number of para-hydroxylation sites is 3. The summed E-state index contributed by atoms with van der Waals surface area (Å²) in [5.41, 5.74) is 3.56. The molecule has 2 aromatic heterocycles. The number of fused-ring (bicyclic) bond motifs is 1. The van der Waals surface area contributed by atoms with Crippen LogP contribution < -0.4 is 5.32 Å². The average Bonchev–Trinajstić information content (AvgIpc) is 3.41. The van der Waals surface area contributed by atoms with Crippen molar-refractivity contribution in [2.75, 3.05) is 0 Å². The molecule has 4 aromatic rings. The van der Waals surface area contributed by atoms with Crippen LogP contribution in [0.4, 0.5) is 0 Å². The normalized spacial score (nSPS) is 19.1. The number of nitrogens with zero attached hydrogens (tertiary/aromatic N) is 3. The molecular weight excluding hydrogens is 374 g/mol. The van der Waals surface area contributed by atoms with Gasteiger partial charge in [0.25, 0.3) is 5.91 Å². The molecule has 2 N–H and O–H groups in total. The number of hydrogen-bond donors (Lipinski definition) is 2. The molecule has 0 bridgehead atoms. The summed E-state index contributed by atoms with van der Waals surface area (Å²) < 4.78 is 1.70. The topological polar surface area (TPSA) is 75.6 Å². The smallest absolute Gasteiger partial charge is 0.270 e. The van der Waals surface area contributed by atoms with E-state index in [1.807, 2.05) is 48.5 Å². The minimum Gasteiger partial charge on any atom is -0.348 e. The van der Waals surface area contributed by atoms with Crippen molar-refractivity contribution in [1.29, 1.82) is 0 Å². The van der Waals surface area contributed by atoms with Crippen LogP contribution in [0, 0.1) is 5.92 Å². The summed E-state index contributed by atoms with van der Waals surface area (Å²) in [5.74, 6) is 1.49. The van der Waals surface area contributed by atoms with Gasteiger partial charge in [-0.05, 0) is 55.5 Å². The molecule has 2 aromatic carbocycles. The highest BCUT2D eigenvalue weighted by molar-refractivity contribution is 5.93. The molecule has 0 saturated heterocycles. The van der Waals surface area contributed by atoms with Crippen LogP contribution in [0.2, 0.25) is 0 Å². The summed E-state index contributed by atoms with van der Waals surface area (Å²) in [6.07, 6.45) is 6.87. The number of rotatable bonds is 5. The van der Waals surface area contributed by atoms with Gasteiger partial charge in [0, 0.05) is 12.5 Å². The Morgan fingerprint density at radius 2 is 1.90 bits per heavy atom. The SMILES string of the molecule is O=C(NC1CCCC(Cc2nc3ccccc3[nH]2)C1)c1ccnn1-c1ccccc1. The highest BCUT2D eigenvalue weighted by Gasteiger charge is 2.25. The molecule has 152 valence electrons. The van der Waals surface area contributed by atoms with Crippen molar-refractivity contribution in [3.63, 3.8) is 0 Å². The molecule has 2 atom stereocenters. The van der Waals surface area contributed by atoms with Gasteiger partial charge in [-0.2, -0.15) is 5.10 Å². The van der Waals surface area contributed by atoms with Crippen LogP contribution in [0.15, 0.2) is 66.9 Å². The van der Waals surface area contributed by atoms with Gasteiger partial charge in [0.2, 0.25) is 0 Å². The molecule has 2 heterocycles. The van der Waals surface area contributed by atoms with Crippen LogP contribution in [0.25, 0.3) is 16.7 Å². The van der Waals surface area contributed by atoms with Crippen LogP contribution in [-0.2, 0) is 6.42 Å². The lowest BCUT2D eigenvalue weighted by atomic mass is 9.83. The Kier molecular flexibility index (Phi) is 5.05. The Hall–Kier alpha value is -3.41. The average molecular weight is 399 g/mol. The molecule has 0 spiro atoms. The van der Waals surface area contributed by atoms with Gasteiger partial charge in [-0.15, -0.1) is 0 Å². The molecular formula is C24H25N5O. The summed E-state index contributed by atoms with van der Waals surface area (Å²) in [7, 11) is 0.